The average molecular weight is 271 g/mol. The highest BCUT2D eigenvalue weighted by Crippen LogP contribution is 2.34. The fourth-order valence-corrected chi connectivity index (χ4v) is 1.59. The molecule has 0 radical (unpaired) electrons. The Morgan fingerprint density at radius 2 is 2.20 bits per heavy atom. The van der Waals surface area contributed by atoms with Crippen molar-refractivity contribution in [3.05, 3.63) is 27.7 Å². The fourth-order valence-electron chi connectivity index (χ4n) is 1.14. The highest BCUT2D eigenvalue weighted by molar-refractivity contribution is 9.10. The molecule has 0 aromatic heterocycles. The van der Waals surface area contributed by atoms with Crippen molar-refractivity contribution in [1.29, 1.82) is 0 Å². The number of allylic oxidation sites excluding steroid dienone is 1. The Hall–Kier alpha value is -1.29. The lowest BCUT2D eigenvalue weighted by molar-refractivity contribution is -0.104. The number of hydrogen-bond acceptors (Lipinski definition) is 3. The molecule has 0 fully saturated rings. The smallest absolute Gasteiger partial charge is 0.165 e. The van der Waals surface area contributed by atoms with Crippen LogP contribution in [0.1, 0.15) is 12.5 Å². The van der Waals surface area contributed by atoms with Gasteiger partial charge in [0.25, 0.3) is 0 Å². The van der Waals surface area contributed by atoms with Gasteiger partial charge >= 0.3 is 0 Å². The van der Waals surface area contributed by atoms with Gasteiger partial charge in [0.2, 0.25) is 0 Å². The highest BCUT2D eigenvalue weighted by Gasteiger charge is 2.07. The van der Waals surface area contributed by atoms with Crippen molar-refractivity contribution < 1.29 is 14.6 Å². The number of benzene rings is 1. The molecule has 1 N–H and O–H groups in total. The van der Waals surface area contributed by atoms with Crippen LogP contribution in [0.5, 0.6) is 11.5 Å². The number of halogens is 1. The predicted octanol–water partition coefficient (Wildman–Crippen LogP) is 2.77. The molecule has 0 bridgehead atoms. The molecule has 80 valence electrons. The molecular weight excluding hydrogens is 260 g/mol. The van der Waals surface area contributed by atoms with Gasteiger partial charge in [0.15, 0.2) is 11.5 Å². The molecule has 0 aliphatic carbocycles. The van der Waals surface area contributed by atoms with E-state index in [0.717, 1.165) is 10.8 Å². The first-order chi connectivity index (χ1) is 7.08. The van der Waals surface area contributed by atoms with E-state index in [9.17, 15) is 9.90 Å². The number of carbonyl (C=O) groups excluding carboxylic acids is 1. The second kappa shape index (κ2) is 4.98. The topological polar surface area (TPSA) is 46.5 Å². The van der Waals surface area contributed by atoms with Crippen molar-refractivity contribution in [1.82, 2.24) is 0 Å². The molecule has 0 heterocycles. The number of carbonyl (C=O) groups is 1. The second-order valence-corrected chi connectivity index (χ2v) is 3.97. The summed E-state index contributed by atoms with van der Waals surface area (Å²) in [5.41, 5.74) is 1.08. The first kappa shape index (κ1) is 11.8. The zero-order valence-corrected chi connectivity index (χ0v) is 10.0. The van der Waals surface area contributed by atoms with Crippen LogP contribution in [-0.4, -0.2) is 18.5 Å². The molecule has 1 aromatic rings. The van der Waals surface area contributed by atoms with Gasteiger partial charge in [-0.25, -0.2) is 0 Å². The van der Waals surface area contributed by atoms with Crippen LogP contribution in [0, 0.1) is 0 Å². The number of ether oxygens (including phenoxy) is 1. The van der Waals surface area contributed by atoms with Gasteiger partial charge in [-0.05, 0) is 30.7 Å². The monoisotopic (exact) mass is 270 g/mol. The third-order valence-electron chi connectivity index (χ3n) is 1.86. The molecule has 0 amide bonds. The summed E-state index contributed by atoms with van der Waals surface area (Å²) in [4.78, 5) is 10.5. The van der Waals surface area contributed by atoms with E-state index in [2.05, 4.69) is 15.9 Å². The SMILES string of the molecule is COc1cc(Br)cc(/C=C(\C)C=O)c1O. The van der Waals surface area contributed by atoms with E-state index in [0.29, 0.717) is 16.9 Å². The lowest BCUT2D eigenvalue weighted by Crippen LogP contribution is -1.87. The Labute approximate surface area is 96.5 Å². The summed E-state index contributed by atoms with van der Waals surface area (Å²) >= 11 is 3.29. The number of methoxy groups -OCH3 is 1. The maximum Gasteiger partial charge on any atom is 0.165 e. The van der Waals surface area contributed by atoms with Crippen molar-refractivity contribution in [2.45, 2.75) is 6.92 Å². The number of phenolic OH excluding ortho intramolecular Hbond substituents is 1. The van der Waals surface area contributed by atoms with Crippen LogP contribution in [0.2, 0.25) is 0 Å². The average Bonchev–Trinajstić information content (AvgIpc) is 2.22. The summed E-state index contributed by atoms with van der Waals surface area (Å²) in [6.45, 7) is 1.67. The van der Waals surface area contributed by atoms with Crippen LogP contribution < -0.4 is 4.74 Å². The molecule has 0 aliphatic heterocycles. The Morgan fingerprint density at radius 3 is 2.73 bits per heavy atom. The van der Waals surface area contributed by atoms with Gasteiger partial charge in [-0.3, -0.25) is 4.79 Å². The Morgan fingerprint density at radius 1 is 1.53 bits per heavy atom. The Balaban J connectivity index is 3.29. The summed E-state index contributed by atoms with van der Waals surface area (Å²) in [6, 6.07) is 3.37. The predicted molar refractivity (Wildman–Crippen MR) is 62.1 cm³/mol. The minimum absolute atomic E-state index is 0.0295. The second-order valence-electron chi connectivity index (χ2n) is 3.05. The van der Waals surface area contributed by atoms with E-state index < -0.39 is 0 Å². The van der Waals surface area contributed by atoms with Crippen LogP contribution in [0.4, 0.5) is 0 Å². The maximum atomic E-state index is 10.5. The molecular formula is C11H11BrO3. The molecule has 1 rings (SSSR count). The fraction of sp³-hybridized carbons (Fsp3) is 0.182. The van der Waals surface area contributed by atoms with E-state index in [1.54, 1.807) is 25.1 Å². The van der Waals surface area contributed by atoms with E-state index >= 15 is 0 Å². The Kier molecular flexibility index (Phi) is 3.91. The number of aldehydes is 1. The van der Waals surface area contributed by atoms with Crippen LogP contribution in [0.25, 0.3) is 6.08 Å². The van der Waals surface area contributed by atoms with Crippen molar-refractivity contribution in [3.8, 4) is 11.5 Å². The third kappa shape index (κ3) is 2.83. The molecule has 1 aromatic carbocycles. The number of hydrogen-bond donors (Lipinski definition) is 1. The van der Waals surface area contributed by atoms with Gasteiger partial charge in [-0.2, -0.15) is 0 Å². The third-order valence-corrected chi connectivity index (χ3v) is 2.32. The first-order valence-corrected chi connectivity index (χ1v) is 5.07. The molecule has 0 aliphatic rings. The minimum atomic E-state index is 0.0295. The summed E-state index contributed by atoms with van der Waals surface area (Å²) in [5.74, 6) is 0.399. The summed E-state index contributed by atoms with van der Waals surface area (Å²) < 4.78 is 5.76. The minimum Gasteiger partial charge on any atom is -0.504 e. The van der Waals surface area contributed by atoms with Crippen molar-refractivity contribution in [3.63, 3.8) is 0 Å². The lowest BCUT2D eigenvalue weighted by Gasteiger charge is -2.07. The molecule has 4 heteroatoms. The Bertz CT molecular complexity index is 411. The van der Waals surface area contributed by atoms with Crippen LogP contribution in [-0.2, 0) is 4.79 Å². The largest absolute Gasteiger partial charge is 0.504 e. The number of phenols is 1. The van der Waals surface area contributed by atoms with Gasteiger partial charge in [0.05, 0.1) is 7.11 Å². The summed E-state index contributed by atoms with van der Waals surface area (Å²) in [6.07, 6.45) is 2.32. The van der Waals surface area contributed by atoms with Gasteiger partial charge < -0.3 is 9.84 Å². The van der Waals surface area contributed by atoms with Gasteiger partial charge in [-0.1, -0.05) is 15.9 Å². The van der Waals surface area contributed by atoms with Crippen molar-refractivity contribution >= 4 is 28.3 Å². The van der Waals surface area contributed by atoms with Crippen molar-refractivity contribution in [2.75, 3.05) is 7.11 Å². The highest BCUT2D eigenvalue weighted by atomic mass is 79.9. The van der Waals surface area contributed by atoms with Gasteiger partial charge in [0.1, 0.15) is 6.29 Å². The summed E-state index contributed by atoms with van der Waals surface area (Å²) in [7, 11) is 1.47. The molecule has 0 saturated heterocycles. The molecule has 0 atom stereocenters. The molecule has 0 unspecified atom stereocenters. The van der Waals surface area contributed by atoms with Gasteiger partial charge in [0, 0.05) is 10.0 Å². The van der Waals surface area contributed by atoms with E-state index in [1.807, 2.05) is 0 Å². The van der Waals surface area contributed by atoms with Crippen molar-refractivity contribution in [2.24, 2.45) is 0 Å². The normalized spacial score (nSPS) is 11.3. The zero-order valence-electron chi connectivity index (χ0n) is 8.45. The van der Waals surface area contributed by atoms with E-state index in [-0.39, 0.29) is 5.75 Å². The quantitative estimate of drug-likeness (QED) is 0.679. The molecule has 0 spiro atoms. The number of aromatic hydroxyl groups is 1. The lowest BCUT2D eigenvalue weighted by atomic mass is 10.1. The van der Waals surface area contributed by atoms with Crippen LogP contribution in [0.15, 0.2) is 22.2 Å². The maximum absolute atomic E-state index is 10.5. The van der Waals surface area contributed by atoms with Crippen LogP contribution >= 0.6 is 15.9 Å². The first-order valence-electron chi connectivity index (χ1n) is 4.28. The van der Waals surface area contributed by atoms with Crippen LogP contribution in [0.3, 0.4) is 0 Å². The van der Waals surface area contributed by atoms with E-state index in [1.165, 1.54) is 7.11 Å². The standard InChI is InChI=1S/C11H11BrO3/c1-7(6-13)3-8-4-9(12)5-10(15-2)11(8)14/h3-6,14H,1-2H3/b7-3+. The van der Waals surface area contributed by atoms with Gasteiger partial charge in [-0.15, -0.1) is 0 Å². The van der Waals surface area contributed by atoms with E-state index in [4.69, 9.17) is 4.74 Å². The molecule has 15 heavy (non-hydrogen) atoms. The zero-order chi connectivity index (χ0) is 11.4. The summed E-state index contributed by atoms with van der Waals surface area (Å²) in [5, 5.41) is 9.75. The molecule has 3 nitrogen and oxygen atoms in total. The molecule has 0 saturated carbocycles. The number of rotatable bonds is 3.